The fraction of sp³-hybridized carbons (Fsp3) is 0.385. The van der Waals surface area contributed by atoms with Gasteiger partial charge < -0.3 is 10.1 Å². The molecular formula is C13H16N2O5. The molecule has 0 saturated heterocycles. The summed E-state index contributed by atoms with van der Waals surface area (Å²) < 4.78 is 4.51. The Kier molecular flexibility index (Phi) is 5.19. The minimum Gasteiger partial charge on any atom is -0.465 e. The van der Waals surface area contributed by atoms with E-state index in [1.54, 1.807) is 0 Å². The summed E-state index contributed by atoms with van der Waals surface area (Å²) in [6.07, 6.45) is 0.727. The topological polar surface area (TPSA) is 98.5 Å². The second-order valence-electron chi connectivity index (χ2n) is 4.30. The lowest BCUT2D eigenvalue weighted by atomic mass is 10.1. The normalized spacial score (nSPS) is 11.6. The van der Waals surface area contributed by atoms with Crippen molar-refractivity contribution < 1.29 is 19.2 Å². The fourth-order valence-electron chi connectivity index (χ4n) is 1.49. The van der Waals surface area contributed by atoms with Crippen molar-refractivity contribution in [2.45, 2.75) is 26.3 Å². The van der Waals surface area contributed by atoms with Crippen LogP contribution in [0.5, 0.6) is 0 Å². The van der Waals surface area contributed by atoms with E-state index in [-0.39, 0.29) is 22.9 Å². The molecule has 0 aliphatic heterocycles. The van der Waals surface area contributed by atoms with Crippen LogP contribution in [0.25, 0.3) is 0 Å². The first-order chi connectivity index (χ1) is 9.38. The molecule has 0 unspecified atom stereocenters. The third-order valence-corrected chi connectivity index (χ3v) is 2.80. The largest absolute Gasteiger partial charge is 0.465 e. The van der Waals surface area contributed by atoms with Crippen LogP contribution < -0.4 is 5.32 Å². The number of ether oxygens (including phenoxy) is 1. The van der Waals surface area contributed by atoms with Crippen LogP contribution in [0.15, 0.2) is 18.2 Å². The van der Waals surface area contributed by atoms with Gasteiger partial charge in [0.1, 0.15) is 0 Å². The predicted octanol–water partition coefficient (Wildman–Crippen LogP) is 1.91. The molecule has 1 rings (SSSR count). The third kappa shape index (κ3) is 3.78. The molecule has 108 valence electrons. The zero-order valence-electron chi connectivity index (χ0n) is 11.5. The van der Waals surface area contributed by atoms with Gasteiger partial charge in [0.25, 0.3) is 11.6 Å². The minimum absolute atomic E-state index is 0.0315. The van der Waals surface area contributed by atoms with Crippen molar-refractivity contribution in [3.63, 3.8) is 0 Å². The van der Waals surface area contributed by atoms with Gasteiger partial charge in [0.05, 0.1) is 17.6 Å². The molecule has 0 aromatic heterocycles. The SMILES string of the molecule is CC[C@H](C)NC(=O)c1cc(C(=O)OC)cc([N+](=O)[O-])c1. The van der Waals surface area contributed by atoms with Crippen LogP contribution in [0.3, 0.4) is 0 Å². The summed E-state index contributed by atoms with van der Waals surface area (Å²) in [6.45, 7) is 3.72. The minimum atomic E-state index is -0.730. The summed E-state index contributed by atoms with van der Waals surface area (Å²) in [5.41, 5.74) is -0.307. The highest BCUT2D eigenvalue weighted by molar-refractivity contribution is 5.99. The highest BCUT2D eigenvalue weighted by Gasteiger charge is 2.18. The van der Waals surface area contributed by atoms with E-state index < -0.39 is 16.8 Å². The first-order valence-electron chi connectivity index (χ1n) is 6.07. The second-order valence-corrected chi connectivity index (χ2v) is 4.30. The third-order valence-electron chi connectivity index (χ3n) is 2.80. The summed E-state index contributed by atoms with van der Waals surface area (Å²) >= 11 is 0. The number of carbonyl (C=O) groups excluding carboxylic acids is 2. The molecule has 1 amide bonds. The van der Waals surface area contributed by atoms with Crippen LogP contribution in [0.4, 0.5) is 5.69 Å². The van der Waals surface area contributed by atoms with E-state index in [2.05, 4.69) is 10.1 Å². The molecule has 7 nitrogen and oxygen atoms in total. The number of carbonyl (C=O) groups is 2. The van der Waals surface area contributed by atoms with Gasteiger partial charge >= 0.3 is 5.97 Å². The van der Waals surface area contributed by atoms with E-state index >= 15 is 0 Å². The van der Waals surface area contributed by atoms with Gasteiger partial charge in [-0.05, 0) is 19.4 Å². The Morgan fingerprint density at radius 2 is 1.95 bits per heavy atom. The van der Waals surface area contributed by atoms with Crippen LogP contribution >= 0.6 is 0 Å². The molecule has 0 fully saturated rings. The zero-order valence-corrected chi connectivity index (χ0v) is 11.5. The molecule has 1 aromatic rings. The Bertz CT molecular complexity index is 542. The molecule has 1 aromatic carbocycles. The highest BCUT2D eigenvalue weighted by Crippen LogP contribution is 2.18. The predicted molar refractivity (Wildman–Crippen MR) is 71.7 cm³/mol. The molecule has 0 saturated carbocycles. The number of hydrogen-bond acceptors (Lipinski definition) is 5. The van der Waals surface area contributed by atoms with Crippen molar-refractivity contribution in [2.75, 3.05) is 7.11 Å². The van der Waals surface area contributed by atoms with Crippen molar-refractivity contribution >= 4 is 17.6 Å². The zero-order chi connectivity index (χ0) is 15.3. The van der Waals surface area contributed by atoms with Gasteiger partial charge in [0.15, 0.2) is 0 Å². The number of esters is 1. The van der Waals surface area contributed by atoms with E-state index in [0.29, 0.717) is 0 Å². The lowest BCUT2D eigenvalue weighted by molar-refractivity contribution is -0.384. The van der Waals surface area contributed by atoms with Gasteiger partial charge in [-0.1, -0.05) is 6.92 Å². The molecule has 0 spiro atoms. The summed E-state index contributed by atoms with van der Waals surface area (Å²) in [4.78, 5) is 33.6. The van der Waals surface area contributed by atoms with Gasteiger partial charge in [-0.25, -0.2) is 4.79 Å². The van der Waals surface area contributed by atoms with E-state index in [9.17, 15) is 19.7 Å². The Labute approximate surface area is 116 Å². The Morgan fingerprint density at radius 3 is 2.45 bits per heavy atom. The average Bonchev–Trinajstić information content (AvgIpc) is 2.45. The van der Waals surface area contributed by atoms with Crippen LogP contribution in [0, 0.1) is 10.1 Å². The first-order valence-corrected chi connectivity index (χ1v) is 6.07. The Hall–Kier alpha value is -2.44. The van der Waals surface area contributed by atoms with Gasteiger partial charge in [-0.3, -0.25) is 14.9 Å². The molecule has 0 radical (unpaired) electrons. The van der Waals surface area contributed by atoms with Crippen molar-refractivity contribution in [1.29, 1.82) is 0 Å². The van der Waals surface area contributed by atoms with Crippen molar-refractivity contribution in [3.8, 4) is 0 Å². The monoisotopic (exact) mass is 280 g/mol. The fourth-order valence-corrected chi connectivity index (χ4v) is 1.49. The molecule has 1 atom stereocenters. The smallest absolute Gasteiger partial charge is 0.338 e. The van der Waals surface area contributed by atoms with Gasteiger partial charge in [-0.2, -0.15) is 0 Å². The number of methoxy groups -OCH3 is 1. The van der Waals surface area contributed by atoms with Crippen molar-refractivity contribution in [1.82, 2.24) is 5.32 Å². The molecule has 0 aliphatic rings. The number of nitrogens with zero attached hydrogens (tertiary/aromatic N) is 1. The average molecular weight is 280 g/mol. The van der Waals surface area contributed by atoms with E-state index in [1.165, 1.54) is 13.2 Å². The van der Waals surface area contributed by atoms with E-state index in [4.69, 9.17) is 0 Å². The Balaban J connectivity index is 3.18. The molecular weight excluding hydrogens is 264 g/mol. The van der Waals surface area contributed by atoms with Gasteiger partial charge in [-0.15, -0.1) is 0 Å². The maximum absolute atomic E-state index is 12.0. The number of hydrogen-bond donors (Lipinski definition) is 1. The van der Waals surface area contributed by atoms with Crippen molar-refractivity contribution in [3.05, 3.63) is 39.4 Å². The molecule has 7 heteroatoms. The number of amides is 1. The number of benzene rings is 1. The second kappa shape index (κ2) is 6.65. The lowest BCUT2D eigenvalue weighted by Crippen LogP contribution is -2.32. The summed E-state index contributed by atoms with van der Waals surface area (Å²) in [5, 5.41) is 13.5. The molecule has 1 N–H and O–H groups in total. The molecule has 0 bridgehead atoms. The van der Waals surface area contributed by atoms with Crippen LogP contribution in [0.2, 0.25) is 0 Å². The van der Waals surface area contributed by atoms with E-state index in [0.717, 1.165) is 18.6 Å². The number of nitro groups is 1. The van der Waals surface area contributed by atoms with Crippen molar-refractivity contribution in [2.24, 2.45) is 0 Å². The maximum atomic E-state index is 12.0. The van der Waals surface area contributed by atoms with E-state index in [1.807, 2.05) is 13.8 Å². The number of nitrogens with one attached hydrogen (secondary N) is 1. The molecule has 0 aliphatic carbocycles. The quantitative estimate of drug-likeness (QED) is 0.504. The standard InChI is InChI=1S/C13H16N2O5/c1-4-8(2)14-12(16)9-5-10(13(17)20-3)7-11(6-9)15(18)19/h5-8H,4H2,1-3H3,(H,14,16)/t8-/m0/s1. The summed E-state index contributed by atoms with van der Waals surface area (Å²) in [5.74, 6) is -1.19. The number of non-ortho nitro benzene ring substituents is 1. The summed E-state index contributed by atoms with van der Waals surface area (Å²) in [6, 6.07) is 3.41. The molecule has 0 heterocycles. The molecule has 20 heavy (non-hydrogen) atoms. The summed E-state index contributed by atoms with van der Waals surface area (Å²) in [7, 11) is 1.17. The van der Waals surface area contributed by atoms with Crippen LogP contribution in [-0.2, 0) is 4.74 Å². The number of rotatable bonds is 5. The van der Waals surface area contributed by atoms with Gasteiger partial charge in [0.2, 0.25) is 0 Å². The number of nitro benzene ring substituents is 1. The van der Waals surface area contributed by atoms with Gasteiger partial charge in [0, 0.05) is 23.7 Å². The van der Waals surface area contributed by atoms with Crippen LogP contribution in [0.1, 0.15) is 41.0 Å². The highest BCUT2D eigenvalue weighted by atomic mass is 16.6. The van der Waals surface area contributed by atoms with Crippen LogP contribution in [-0.4, -0.2) is 30.0 Å². The Morgan fingerprint density at radius 1 is 1.35 bits per heavy atom. The lowest BCUT2D eigenvalue weighted by Gasteiger charge is -2.11. The maximum Gasteiger partial charge on any atom is 0.338 e. The first kappa shape index (κ1) is 15.6.